The minimum Gasteiger partial charge on any atom is -0.478 e. The second-order valence-corrected chi connectivity index (χ2v) is 1.01. The van der Waals surface area contributed by atoms with E-state index in [0.29, 0.717) is 12.2 Å². The fourth-order valence-corrected chi connectivity index (χ4v) is 0.143. The Bertz CT molecular complexity index is 124. The summed E-state index contributed by atoms with van der Waals surface area (Å²) in [6.07, 6.45) is 1.12. The van der Waals surface area contributed by atoms with Crippen molar-refractivity contribution in [3.05, 3.63) is 12.2 Å². The van der Waals surface area contributed by atoms with E-state index in [2.05, 4.69) is 0 Å². The molecule has 0 aromatic heterocycles. The molecule has 0 fully saturated rings. The third-order valence-corrected chi connectivity index (χ3v) is 0.368. The van der Waals surface area contributed by atoms with Gasteiger partial charge in [0, 0.05) is 39.5 Å². The molecule has 2 N–H and O–H groups in total. The molecule has 46 valence electrons. The molecule has 0 rings (SSSR count). The van der Waals surface area contributed by atoms with Crippen molar-refractivity contribution in [1.82, 2.24) is 0 Å². The molecule has 0 aliphatic carbocycles. The van der Waals surface area contributed by atoms with Crippen molar-refractivity contribution >= 4 is 11.9 Å². The van der Waals surface area contributed by atoms with Gasteiger partial charge in [-0.05, 0) is 0 Å². The van der Waals surface area contributed by atoms with Gasteiger partial charge >= 0.3 is 11.9 Å². The van der Waals surface area contributed by atoms with Gasteiger partial charge in [0.25, 0.3) is 0 Å². The first-order chi connectivity index (χ1) is 3.63. The number of carboxylic acids is 2. The molecular formula is C4H4CdO4. The molecule has 4 nitrogen and oxygen atoms in total. The van der Waals surface area contributed by atoms with Crippen molar-refractivity contribution in [2.45, 2.75) is 0 Å². The summed E-state index contributed by atoms with van der Waals surface area (Å²) in [5, 5.41) is 15.6. The fraction of sp³-hybridized carbons (Fsp3) is 0. The van der Waals surface area contributed by atoms with E-state index in [1.807, 2.05) is 0 Å². The monoisotopic (exact) mass is 230 g/mol. The van der Waals surface area contributed by atoms with E-state index in [9.17, 15) is 9.59 Å². The van der Waals surface area contributed by atoms with Crippen molar-refractivity contribution in [2.75, 3.05) is 0 Å². The Morgan fingerprint density at radius 2 is 1.22 bits per heavy atom. The molecule has 9 heavy (non-hydrogen) atoms. The first-order valence-electron chi connectivity index (χ1n) is 1.77. The van der Waals surface area contributed by atoms with E-state index < -0.39 is 11.9 Å². The SMILES string of the molecule is O=C(O)/C=C/C(=O)O.[Cd]. The Balaban J connectivity index is 0. The first kappa shape index (κ1) is 11.4. The molecule has 5 heteroatoms. The van der Waals surface area contributed by atoms with Crippen LogP contribution in [-0.2, 0) is 36.9 Å². The van der Waals surface area contributed by atoms with Gasteiger partial charge in [0.15, 0.2) is 0 Å². The summed E-state index contributed by atoms with van der Waals surface area (Å²) in [6.45, 7) is 0. The van der Waals surface area contributed by atoms with Gasteiger partial charge in [-0.15, -0.1) is 0 Å². The van der Waals surface area contributed by atoms with Crippen LogP contribution >= 0.6 is 0 Å². The average molecular weight is 228 g/mol. The second-order valence-electron chi connectivity index (χ2n) is 1.01. The van der Waals surface area contributed by atoms with Gasteiger partial charge in [-0.1, -0.05) is 0 Å². The Hall–Kier alpha value is -0.398. The van der Waals surface area contributed by atoms with E-state index >= 15 is 0 Å². The first-order valence-corrected chi connectivity index (χ1v) is 1.77. The van der Waals surface area contributed by atoms with Gasteiger partial charge in [0.2, 0.25) is 0 Å². The van der Waals surface area contributed by atoms with Crippen molar-refractivity contribution < 1.29 is 47.1 Å². The Labute approximate surface area is 71.3 Å². The van der Waals surface area contributed by atoms with E-state index in [0.717, 1.165) is 0 Å². The Morgan fingerprint density at radius 1 is 1.00 bits per heavy atom. The standard InChI is InChI=1S/C4H4O4.Cd/c5-3(6)1-2-4(7)8;/h1-2H,(H,5,6)(H,7,8);/b2-1+;. The maximum Gasteiger partial charge on any atom is 0.328 e. The Morgan fingerprint density at radius 3 is 1.33 bits per heavy atom. The van der Waals surface area contributed by atoms with Crippen LogP contribution in [0.2, 0.25) is 0 Å². The molecule has 0 aliphatic rings. The molecule has 0 saturated carbocycles. The fourth-order valence-electron chi connectivity index (χ4n) is 0.143. The van der Waals surface area contributed by atoms with Crippen LogP contribution in [0.5, 0.6) is 0 Å². The molecule has 0 spiro atoms. The molecular weight excluding hydrogens is 224 g/mol. The summed E-state index contributed by atoms with van der Waals surface area (Å²) >= 11 is 0. The minimum absolute atomic E-state index is 0. The zero-order valence-electron chi connectivity index (χ0n) is 4.57. The van der Waals surface area contributed by atoms with E-state index in [-0.39, 0.29) is 27.3 Å². The number of hydrogen-bond donors (Lipinski definition) is 2. The molecule has 0 bridgehead atoms. The topological polar surface area (TPSA) is 74.6 Å². The van der Waals surface area contributed by atoms with Gasteiger partial charge in [-0.2, -0.15) is 0 Å². The van der Waals surface area contributed by atoms with Crippen molar-refractivity contribution in [3.63, 3.8) is 0 Å². The van der Waals surface area contributed by atoms with Gasteiger partial charge in [0.1, 0.15) is 0 Å². The number of carbonyl (C=O) groups is 2. The van der Waals surface area contributed by atoms with Crippen LogP contribution in [0.3, 0.4) is 0 Å². The maximum absolute atomic E-state index is 9.55. The molecule has 0 amide bonds. The van der Waals surface area contributed by atoms with Gasteiger partial charge < -0.3 is 10.2 Å². The summed E-state index contributed by atoms with van der Waals surface area (Å²) in [5.74, 6) is -2.51. The Kier molecular flexibility index (Phi) is 7.27. The van der Waals surface area contributed by atoms with Crippen LogP contribution in [0.25, 0.3) is 0 Å². The number of aliphatic carboxylic acids is 2. The van der Waals surface area contributed by atoms with E-state index in [1.54, 1.807) is 0 Å². The maximum atomic E-state index is 9.55. The van der Waals surface area contributed by atoms with E-state index in [4.69, 9.17) is 10.2 Å². The number of rotatable bonds is 2. The van der Waals surface area contributed by atoms with Crippen LogP contribution in [0, 0.1) is 0 Å². The summed E-state index contributed by atoms with van der Waals surface area (Å²) in [5.41, 5.74) is 0. The van der Waals surface area contributed by atoms with Crippen LogP contribution in [0.1, 0.15) is 0 Å². The van der Waals surface area contributed by atoms with Crippen molar-refractivity contribution in [1.29, 1.82) is 0 Å². The second kappa shape index (κ2) is 5.73. The molecule has 0 unspecified atom stereocenters. The average Bonchev–Trinajstić information content (AvgIpc) is 1.61. The quantitative estimate of drug-likeness (QED) is 0.503. The van der Waals surface area contributed by atoms with Gasteiger partial charge in [0.05, 0.1) is 0 Å². The van der Waals surface area contributed by atoms with Gasteiger partial charge in [-0.25, -0.2) is 9.59 Å². The largest absolute Gasteiger partial charge is 0.478 e. The third-order valence-electron chi connectivity index (χ3n) is 0.368. The summed E-state index contributed by atoms with van der Waals surface area (Å²) in [7, 11) is 0. The zero-order valence-corrected chi connectivity index (χ0v) is 8.61. The number of hydrogen-bond acceptors (Lipinski definition) is 2. The van der Waals surface area contributed by atoms with Crippen molar-refractivity contribution in [2.24, 2.45) is 0 Å². The molecule has 0 aromatic carbocycles. The molecule has 0 heterocycles. The summed E-state index contributed by atoms with van der Waals surface area (Å²) in [6, 6.07) is 0. The van der Waals surface area contributed by atoms with Crippen LogP contribution in [0.4, 0.5) is 0 Å². The van der Waals surface area contributed by atoms with Crippen molar-refractivity contribution in [3.8, 4) is 0 Å². The molecule has 0 aromatic rings. The van der Waals surface area contributed by atoms with E-state index in [1.165, 1.54) is 0 Å². The molecule has 0 atom stereocenters. The van der Waals surface area contributed by atoms with Crippen LogP contribution in [0.15, 0.2) is 12.2 Å². The van der Waals surface area contributed by atoms with Crippen LogP contribution in [-0.4, -0.2) is 22.2 Å². The predicted octanol–water partition coefficient (Wildman–Crippen LogP) is -0.291. The molecule has 0 radical (unpaired) electrons. The minimum atomic E-state index is -1.26. The summed E-state index contributed by atoms with van der Waals surface area (Å²) < 4.78 is 0. The predicted molar refractivity (Wildman–Crippen MR) is 24.4 cm³/mol. The third kappa shape index (κ3) is 11.3. The summed E-state index contributed by atoms with van der Waals surface area (Å²) in [4.78, 5) is 19.1. The molecule has 0 aliphatic heterocycles. The van der Waals surface area contributed by atoms with Crippen LogP contribution < -0.4 is 0 Å². The van der Waals surface area contributed by atoms with Gasteiger partial charge in [-0.3, -0.25) is 0 Å². The normalized spacial score (nSPS) is 8.44. The molecule has 0 saturated heterocycles. The zero-order chi connectivity index (χ0) is 6.57. The smallest absolute Gasteiger partial charge is 0.328 e. The number of carboxylic acid groups (broad SMARTS) is 2.